The molecule has 2 unspecified atom stereocenters. The van der Waals surface area contributed by atoms with Crippen molar-refractivity contribution < 1.29 is 54.2 Å². The third-order valence-corrected chi connectivity index (χ3v) is 5.06. The molecule has 0 saturated heterocycles. The molecule has 2 aromatic carbocycles. The lowest BCUT2D eigenvalue weighted by molar-refractivity contribution is -0.143. The van der Waals surface area contributed by atoms with Crippen LogP contribution in [0, 0.1) is 0 Å². The normalized spacial score (nSPS) is 16.9. The van der Waals surface area contributed by atoms with Gasteiger partial charge in [-0.2, -0.15) is 0 Å². The number of hydrogen-bond donors (Lipinski definition) is 5. The Morgan fingerprint density at radius 2 is 1.61 bits per heavy atom. The summed E-state index contributed by atoms with van der Waals surface area (Å²) in [6.07, 6.45) is -2.73. The van der Waals surface area contributed by atoms with E-state index in [-0.39, 0.29) is 41.2 Å². The van der Waals surface area contributed by atoms with Gasteiger partial charge in [-0.05, 0) is 18.6 Å². The lowest BCUT2D eigenvalue weighted by Crippen LogP contribution is -2.41. The number of rotatable bonds is 7. The van der Waals surface area contributed by atoms with Crippen LogP contribution in [0.25, 0.3) is 0 Å². The van der Waals surface area contributed by atoms with Gasteiger partial charge in [0.25, 0.3) is 5.78 Å². The summed E-state index contributed by atoms with van der Waals surface area (Å²) in [5, 5.41) is 48.5. The van der Waals surface area contributed by atoms with Crippen LogP contribution in [-0.4, -0.2) is 61.1 Å². The van der Waals surface area contributed by atoms with Crippen molar-refractivity contribution in [3.05, 3.63) is 35.4 Å². The summed E-state index contributed by atoms with van der Waals surface area (Å²) in [6, 6.07) is 4.02. The van der Waals surface area contributed by atoms with Crippen LogP contribution < -0.4 is 4.74 Å². The number of carbonyl (C=O) groups excluding carboxylic acids is 4. The van der Waals surface area contributed by atoms with E-state index in [9.17, 15) is 44.7 Å². The van der Waals surface area contributed by atoms with E-state index in [4.69, 9.17) is 9.47 Å². The Morgan fingerprint density at radius 1 is 0.970 bits per heavy atom. The van der Waals surface area contributed by atoms with Gasteiger partial charge in [-0.25, -0.2) is 4.79 Å². The maximum absolute atomic E-state index is 12.6. The molecule has 0 saturated carbocycles. The molecule has 3 rings (SSSR count). The van der Waals surface area contributed by atoms with Crippen LogP contribution in [0.4, 0.5) is 0 Å². The number of carbonyl (C=O) groups is 4. The number of esters is 1. The predicted molar refractivity (Wildman–Crippen MR) is 108 cm³/mol. The number of hydrogen-bond acceptors (Lipinski definition) is 11. The highest BCUT2D eigenvalue weighted by atomic mass is 16.6. The van der Waals surface area contributed by atoms with E-state index in [0.717, 1.165) is 25.1 Å². The fraction of sp³-hybridized carbons (Fsp3) is 0.273. The smallest absolute Gasteiger partial charge is 0.338 e. The van der Waals surface area contributed by atoms with Crippen LogP contribution in [0.5, 0.6) is 34.5 Å². The highest BCUT2D eigenvalue weighted by Gasteiger charge is 2.36. The minimum absolute atomic E-state index is 0.0788. The van der Waals surface area contributed by atoms with E-state index in [2.05, 4.69) is 0 Å². The van der Waals surface area contributed by atoms with Crippen LogP contribution in [0.3, 0.4) is 0 Å². The minimum atomic E-state index is -1.18. The summed E-state index contributed by atoms with van der Waals surface area (Å²) < 4.78 is 11.1. The largest absolute Gasteiger partial charge is 0.508 e. The van der Waals surface area contributed by atoms with Crippen LogP contribution in [0.2, 0.25) is 0 Å². The van der Waals surface area contributed by atoms with E-state index in [1.54, 1.807) is 0 Å². The molecule has 0 amide bonds. The Balaban J connectivity index is 1.86. The van der Waals surface area contributed by atoms with Gasteiger partial charge in [0.1, 0.15) is 29.5 Å². The zero-order valence-corrected chi connectivity index (χ0v) is 17.3. The number of phenolic OH excluding ortho intramolecular Hbond substituents is 5. The molecular weight excluding hydrogens is 440 g/mol. The lowest BCUT2D eigenvalue weighted by Gasteiger charge is -2.33. The van der Waals surface area contributed by atoms with E-state index >= 15 is 0 Å². The second kappa shape index (κ2) is 9.07. The molecule has 5 N–H and O–H groups in total. The van der Waals surface area contributed by atoms with Crippen molar-refractivity contribution in [2.75, 3.05) is 0 Å². The van der Waals surface area contributed by atoms with Crippen molar-refractivity contribution in [1.29, 1.82) is 0 Å². The average Bonchev–Trinajstić information content (AvgIpc) is 2.74. The van der Waals surface area contributed by atoms with Gasteiger partial charge < -0.3 is 35.0 Å². The second-order valence-electron chi connectivity index (χ2n) is 7.46. The molecule has 0 bridgehead atoms. The SMILES string of the molecule is CC(=O)C(=O)C(=O)CCC1Oc2cc(O)cc(O)c2CC1OC(=O)c1cc(O)c(O)c(O)c1. The maximum Gasteiger partial charge on any atom is 0.338 e. The number of phenols is 5. The predicted octanol–water partition coefficient (Wildman–Crippen LogP) is 1.25. The van der Waals surface area contributed by atoms with Crippen LogP contribution in [-0.2, 0) is 25.5 Å². The van der Waals surface area contributed by atoms with Crippen LogP contribution >= 0.6 is 0 Å². The molecule has 11 nitrogen and oxygen atoms in total. The van der Waals surface area contributed by atoms with Gasteiger partial charge in [-0.15, -0.1) is 0 Å². The first-order valence-electron chi connectivity index (χ1n) is 9.73. The molecule has 1 aliphatic rings. The third kappa shape index (κ3) is 4.97. The van der Waals surface area contributed by atoms with Crippen molar-refractivity contribution in [3.63, 3.8) is 0 Å². The Hall–Kier alpha value is -4.28. The molecule has 0 radical (unpaired) electrons. The van der Waals surface area contributed by atoms with Gasteiger partial charge >= 0.3 is 5.97 Å². The number of ether oxygens (including phenoxy) is 2. The average molecular weight is 460 g/mol. The monoisotopic (exact) mass is 460 g/mol. The molecule has 0 fully saturated rings. The van der Waals surface area contributed by atoms with Crippen molar-refractivity contribution in [3.8, 4) is 34.5 Å². The Bertz CT molecular complexity index is 1130. The first kappa shape index (κ1) is 23.4. The first-order chi connectivity index (χ1) is 15.5. The van der Waals surface area contributed by atoms with Crippen molar-refractivity contribution in [1.82, 2.24) is 0 Å². The fourth-order valence-corrected chi connectivity index (χ4v) is 3.37. The van der Waals surface area contributed by atoms with Crippen LogP contribution in [0.1, 0.15) is 35.7 Å². The number of benzene rings is 2. The Kier molecular flexibility index (Phi) is 6.43. The molecule has 1 heterocycles. The molecule has 2 aromatic rings. The molecule has 0 spiro atoms. The summed E-state index contributed by atoms with van der Waals surface area (Å²) >= 11 is 0. The van der Waals surface area contributed by atoms with Gasteiger partial charge in [0.2, 0.25) is 11.6 Å². The zero-order valence-electron chi connectivity index (χ0n) is 17.3. The number of ketones is 3. The van der Waals surface area contributed by atoms with Gasteiger partial charge in [-0.3, -0.25) is 14.4 Å². The summed E-state index contributed by atoms with van der Waals surface area (Å²) in [6.45, 7) is 0.964. The number of fused-ring (bicyclic) bond motifs is 1. The molecule has 0 aliphatic carbocycles. The highest BCUT2D eigenvalue weighted by Crippen LogP contribution is 2.40. The number of aromatic hydroxyl groups is 5. The molecular formula is C22H20O11. The maximum atomic E-state index is 12.6. The lowest BCUT2D eigenvalue weighted by atomic mass is 9.94. The minimum Gasteiger partial charge on any atom is -0.508 e. The second-order valence-corrected chi connectivity index (χ2v) is 7.46. The highest BCUT2D eigenvalue weighted by molar-refractivity contribution is 6.63. The van der Waals surface area contributed by atoms with Crippen molar-refractivity contribution >= 4 is 23.3 Å². The van der Waals surface area contributed by atoms with Crippen molar-refractivity contribution in [2.45, 2.75) is 38.4 Å². The summed E-state index contributed by atoms with van der Waals surface area (Å²) in [7, 11) is 0. The van der Waals surface area contributed by atoms with Gasteiger partial charge in [0.05, 0.1) is 5.56 Å². The van der Waals surface area contributed by atoms with E-state index < -0.39 is 59.2 Å². The molecule has 11 heteroatoms. The summed E-state index contributed by atoms with van der Waals surface area (Å²) in [4.78, 5) is 47.3. The Labute approximate surface area is 186 Å². The standard InChI is InChI=1S/C22H20O11/c1-9(23)20(29)13(25)2-3-17-19(8-12-14(26)6-11(24)7-18(12)32-17)33-22(31)10-4-15(27)21(30)16(28)5-10/h4-7,17,19,24,26-28,30H,2-3,8H2,1H3. The molecule has 1 aliphatic heterocycles. The van der Waals surface area contributed by atoms with Crippen LogP contribution in [0.15, 0.2) is 24.3 Å². The van der Waals surface area contributed by atoms with Crippen molar-refractivity contribution in [2.24, 2.45) is 0 Å². The zero-order chi connectivity index (χ0) is 24.4. The first-order valence-corrected chi connectivity index (χ1v) is 9.73. The summed E-state index contributed by atoms with van der Waals surface area (Å²) in [5.41, 5.74) is -0.0884. The molecule has 0 aromatic heterocycles. The fourth-order valence-electron chi connectivity index (χ4n) is 3.37. The van der Waals surface area contributed by atoms with Gasteiger partial charge in [0, 0.05) is 37.5 Å². The van der Waals surface area contributed by atoms with E-state index in [1.807, 2.05) is 0 Å². The summed E-state index contributed by atoms with van der Waals surface area (Å²) in [5.74, 6) is -6.94. The topological polar surface area (TPSA) is 188 Å². The van der Waals surface area contributed by atoms with Gasteiger partial charge in [0.15, 0.2) is 17.2 Å². The third-order valence-electron chi connectivity index (χ3n) is 5.06. The molecule has 2 atom stereocenters. The van der Waals surface area contributed by atoms with E-state index in [0.29, 0.717) is 0 Å². The molecule has 174 valence electrons. The molecule has 33 heavy (non-hydrogen) atoms. The number of Topliss-reactive ketones (excluding diaryl/α,β-unsaturated/α-hetero) is 3. The Morgan fingerprint density at radius 3 is 2.21 bits per heavy atom. The van der Waals surface area contributed by atoms with Gasteiger partial charge in [-0.1, -0.05) is 0 Å². The van der Waals surface area contributed by atoms with E-state index in [1.165, 1.54) is 6.07 Å². The quantitative estimate of drug-likeness (QED) is 0.173.